The van der Waals surface area contributed by atoms with Gasteiger partial charge in [-0.05, 0) is 17.5 Å². The lowest BCUT2D eigenvalue weighted by Crippen LogP contribution is -2.10. The van der Waals surface area contributed by atoms with Crippen LogP contribution in [0.4, 0.5) is 0 Å². The van der Waals surface area contributed by atoms with Gasteiger partial charge in [0.25, 0.3) is 0 Å². The maximum absolute atomic E-state index is 11.2. The van der Waals surface area contributed by atoms with Gasteiger partial charge in [0.05, 0.1) is 7.11 Å². The Morgan fingerprint density at radius 1 is 1.50 bits per heavy atom. The molecule has 0 bridgehead atoms. The molecule has 0 aliphatic carbocycles. The summed E-state index contributed by atoms with van der Waals surface area (Å²) in [7, 11) is 1.34. The predicted molar refractivity (Wildman–Crippen MR) is 56.4 cm³/mol. The van der Waals surface area contributed by atoms with Crippen molar-refractivity contribution in [2.45, 2.75) is 18.7 Å². The summed E-state index contributed by atoms with van der Waals surface area (Å²) in [4.78, 5) is 11.2. The molecule has 0 aromatic heterocycles. The third kappa shape index (κ3) is 2.26. The number of rotatable bonds is 3. The van der Waals surface area contributed by atoms with Gasteiger partial charge in [0.15, 0.2) is 5.38 Å². The topological polar surface area (TPSA) is 26.3 Å². The Hall–Kier alpha value is -1.02. The van der Waals surface area contributed by atoms with E-state index in [1.54, 1.807) is 0 Å². The average molecular weight is 213 g/mol. The molecule has 1 rings (SSSR count). The summed E-state index contributed by atoms with van der Waals surface area (Å²) in [5.41, 5.74) is 1.92. The molecule has 0 saturated heterocycles. The van der Waals surface area contributed by atoms with Gasteiger partial charge in [-0.15, -0.1) is 11.6 Å². The first-order valence-electron chi connectivity index (χ1n) is 4.50. The van der Waals surface area contributed by atoms with Gasteiger partial charge in [0.2, 0.25) is 0 Å². The van der Waals surface area contributed by atoms with Crippen molar-refractivity contribution in [1.29, 1.82) is 0 Å². The first-order valence-corrected chi connectivity index (χ1v) is 4.94. The number of hydrogen-bond donors (Lipinski definition) is 0. The van der Waals surface area contributed by atoms with E-state index in [4.69, 9.17) is 11.6 Å². The summed E-state index contributed by atoms with van der Waals surface area (Å²) in [5.74, 6) is -0.410. The van der Waals surface area contributed by atoms with E-state index in [0.29, 0.717) is 0 Å². The Morgan fingerprint density at radius 3 is 2.71 bits per heavy atom. The molecule has 1 aromatic carbocycles. The van der Waals surface area contributed by atoms with Crippen molar-refractivity contribution in [2.24, 2.45) is 0 Å². The molecule has 0 amide bonds. The number of esters is 1. The summed E-state index contributed by atoms with van der Waals surface area (Å²) >= 11 is 5.97. The number of hydrogen-bond acceptors (Lipinski definition) is 2. The van der Waals surface area contributed by atoms with E-state index >= 15 is 0 Å². The van der Waals surface area contributed by atoms with Crippen molar-refractivity contribution >= 4 is 17.6 Å². The maximum Gasteiger partial charge on any atom is 0.328 e. The fourth-order valence-electron chi connectivity index (χ4n) is 1.33. The quantitative estimate of drug-likeness (QED) is 0.569. The molecule has 1 aromatic rings. The van der Waals surface area contributed by atoms with Gasteiger partial charge in [0, 0.05) is 0 Å². The zero-order valence-electron chi connectivity index (χ0n) is 8.29. The Morgan fingerprint density at radius 2 is 2.14 bits per heavy atom. The summed E-state index contributed by atoms with van der Waals surface area (Å²) in [6.45, 7) is 2.03. The number of aryl methyl sites for hydroxylation is 1. The van der Waals surface area contributed by atoms with Crippen molar-refractivity contribution in [3.8, 4) is 0 Å². The summed E-state index contributed by atoms with van der Waals surface area (Å²) < 4.78 is 4.60. The lowest BCUT2D eigenvalue weighted by Gasteiger charge is -2.11. The van der Waals surface area contributed by atoms with E-state index in [2.05, 4.69) is 4.74 Å². The molecule has 2 nitrogen and oxygen atoms in total. The summed E-state index contributed by atoms with van der Waals surface area (Å²) in [6, 6.07) is 7.62. The van der Waals surface area contributed by atoms with Gasteiger partial charge < -0.3 is 4.74 Å². The summed E-state index contributed by atoms with van der Waals surface area (Å²) in [6.07, 6.45) is 0.858. The van der Waals surface area contributed by atoms with Crippen molar-refractivity contribution in [2.75, 3.05) is 7.11 Å². The molecule has 1 unspecified atom stereocenters. The Labute approximate surface area is 88.8 Å². The van der Waals surface area contributed by atoms with Crippen molar-refractivity contribution < 1.29 is 9.53 Å². The maximum atomic E-state index is 11.2. The molecule has 0 fully saturated rings. The van der Waals surface area contributed by atoms with E-state index in [9.17, 15) is 4.79 Å². The van der Waals surface area contributed by atoms with Crippen molar-refractivity contribution in [1.82, 2.24) is 0 Å². The Kier molecular flexibility index (Phi) is 3.96. The van der Waals surface area contributed by atoms with Crippen LogP contribution in [0.5, 0.6) is 0 Å². The van der Waals surface area contributed by atoms with E-state index in [1.807, 2.05) is 31.2 Å². The monoisotopic (exact) mass is 212 g/mol. The molecule has 0 radical (unpaired) electrons. The zero-order chi connectivity index (χ0) is 10.6. The van der Waals surface area contributed by atoms with E-state index in [1.165, 1.54) is 7.11 Å². The van der Waals surface area contributed by atoms with E-state index in [0.717, 1.165) is 17.5 Å². The molecule has 0 aliphatic rings. The first-order chi connectivity index (χ1) is 6.70. The minimum absolute atomic E-state index is 0.410. The number of carbonyl (C=O) groups excluding carboxylic acids is 1. The largest absolute Gasteiger partial charge is 0.468 e. The second kappa shape index (κ2) is 5.01. The number of carbonyl (C=O) groups is 1. The molecule has 0 aliphatic heterocycles. The Bertz CT molecular complexity index is 323. The van der Waals surface area contributed by atoms with Crippen molar-refractivity contribution in [3.63, 3.8) is 0 Å². The van der Waals surface area contributed by atoms with Crippen LogP contribution in [0.2, 0.25) is 0 Å². The van der Waals surface area contributed by atoms with Gasteiger partial charge in [-0.25, -0.2) is 0 Å². The SMILES string of the molecule is CCc1ccccc1C(Cl)C(=O)OC. The molecular weight excluding hydrogens is 200 g/mol. The van der Waals surface area contributed by atoms with Gasteiger partial charge in [-0.2, -0.15) is 0 Å². The number of methoxy groups -OCH3 is 1. The highest BCUT2D eigenvalue weighted by Gasteiger charge is 2.19. The van der Waals surface area contributed by atoms with Crippen LogP contribution in [0.3, 0.4) is 0 Å². The highest BCUT2D eigenvalue weighted by Crippen LogP contribution is 2.25. The van der Waals surface area contributed by atoms with Crippen LogP contribution in [0.1, 0.15) is 23.4 Å². The van der Waals surface area contributed by atoms with Crippen molar-refractivity contribution in [3.05, 3.63) is 35.4 Å². The van der Waals surface area contributed by atoms with Gasteiger partial charge in [-0.3, -0.25) is 4.79 Å². The van der Waals surface area contributed by atoms with Crippen LogP contribution in [0.15, 0.2) is 24.3 Å². The van der Waals surface area contributed by atoms with Crippen LogP contribution in [-0.2, 0) is 16.0 Å². The highest BCUT2D eigenvalue weighted by molar-refractivity contribution is 6.30. The minimum atomic E-state index is -0.698. The molecule has 14 heavy (non-hydrogen) atoms. The van der Waals surface area contributed by atoms with E-state index in [-0.39, 0.29) is 0 Å². The number of alkyl halides is 1. The van der Waals surface area contributed by atoms with E-state index < -0.39 is 11.3 Å². The fraction of sp³-hybridized carbons (Fsp3) is 0.364. The molecule has 1 atom stereocenters. The summed E-state index contributed by atoms with van der Waals surface area (Å²) in [5, 5.41) is -0.698. The molecule has 0 spiro atoms. The molecule has 76 valence electrons. The van der Waals surface area contributed by atoms with Crippen LogP contribution in [-0.4, -0.2) is 13.1 Å². The second-order valence-electron chi connectivity index (χ2n) is 2.94. The third-order valence-corrected chi connectivity index (χ3v) is 2.53. The standard InChI is InChI=1S/C11H13ClO2/c1-3-8-6-4-5-7-9(8)10(12)11(13)14-2/h4-7,10H,3H2,1-2H3. The van der Waals surface area contributed by atoms with Crippen LogP contribution in [0, 0.1) is 0 Å². The lowest BCUT2D eigenvalue weighted by molar-refractivity contribution is -0.140. The molecular formula is C11H13ClO2. The first kappa shape index (κ1) is 11.1. The molecule has 0 saturated carbocycles. The number of benzene rings is 1. The van der Waals surface area contributed by atoms with Crippen LogP contribution < -0.4 is 0 Å². The van der Waals surface area contributed by atoms with Gasteiger partial charge >= 0.3 is 5.97 Å². The third-order valence-electron chi connectivity index (χ3n) is 2.12. The number of ether oxygens (including phenoxy) is 1. The normalized spacial score (nSPS) is 12.2. The zero-order valence-corrected chi connectivity index (χ0v) is 9.04. The highest BCUT2D eigenvalue weighted by atomic mass is 35.5. The Balaban J connectivity index is 2.99. The smallest absolute Gasteiger partial charge is 0.328 e. The second-order valence-corrected chi connectivity index (χ2v) is 3.37. The van der Waals surface area contributed by atoms with Gasteiger partial charge in [0.1, 0.15) is 0 Å². The number of halogens is 1. The fourth-order valence-corrected chi connectivity index (χ4v) is 1.64. The molecule has 3 heteroatoms. The van der Waals surface area contributed by atoms with Crippen LogP contribution >= 0.6 is 11.6 Å². The van der Waals surface area contributed by atoms with Gasteiger partial charge in [-0.1, -0.05) is 31.2 Å². The lowest BCUT2D eigenvalue weighted by atomic mass is 10.0. The molecule has 0 heterocycles. The average Bonchev–Trinajstić information content (AvgIpc) is 2.26. The molecule has 0 N–H and O–H groups in total. The minimum Gasteiger partial charge on any atom is -0.468 e. The van der Waals surface area contributed by atoms with Crippen LogP contribution in [0.25, 0.3) is 0 Å². The predicted octanol–water partition coefficient (Wildman–Crippen LogP) is 2.70.